The van der Waals surface area contributed by atoms with Crippen LogP contribution in [0.25, 0.3) is 11.2 Å². The number of aliphatic hydroxyl groups is 1. The molecule has 3 rings (SSSR count). The van der Waals surface area contributed by atoms with Gasteiger partial charge in [0.2, 0.25) is 5.95 Å². The number of nitrogens with two attached hydrogens (primary N) is 1. The zero-order chi connectivity index (χ0) is 12.0. The first-order chi connectivity index (χ1) is 8.15. The van der Waals surface area contributed by atoms with Crippen LogP contribution in [0.15, 0.2) is 18.5 Å². The van der Waals surface area contributed by atoms with Gasteiger partial charge in [-0.05, 0) is 0 Å². The fourth-order valence-electron chi connectivity index (χ4n) is 2.01. The molecule has 3 N–H and O–H groups in total. The fraction of sp³-hybridized carbons (Fsp3) is 0.300. The van der Waals surface area contributed by atoms with E-state index in [9.17, 15) is 5.11 Å². The van der Waals surface area contributed by atoms with Crippen LogP contribution in [0.3, 0.4) is 0 Å². The maximum atomic E-state index is 9.48. The van der Waals surface area contributed by atoms with Crippen molar-refractivity contribution in [2.75, 3.05) is 5.73 Å². The molecular formula is C10H10ClN5O. The number of nitrogens with zero attached hydrogens (tertiary/aromatic N) is 4. The number of rotatable bonds is 1. The van der Waals surface area contributed by atoms with Gasteiger partial charge in [0, 0.05) is 6.42 Å². The highest BCUT2D eigenvalue weighted by Crippen LogP contribution is 2.28. The molecule has 0 aliphatic heterocycles. The maximum absolute atomic E-state index is 9.48. The molecule has 2 aromatic rings. The lowest BCUT2D eigenvalue weighted by atomic mass is 10.2. The summed E-state index contributed by atoms with van der Waals surface area (Å²) in [5, 5.41) is 9.72. The summed E-state index contributed by atoms with van der Waals surface area (Å²) in [6.45, 7) is 0. The van der Waals surface area contributed by atoms with Crippen molar-refractivity contribution < 1.29 is 5.11 Å². The van der Waals surface area contributed by atoms with Crippen molar-refractivity contribution >= 4 is 28.7 Å². The van der Waals surface area contributed by atoms with Gasteiger partial charge in [0.05, 0.1) is 18.5 Å². The van der Waals surface area contributed by atoms with E-state index in [0.29, 0.717) is 17.6 Å². The summed E-state index contributed by atoms with van der Waals surface area (Å²) in [6.07, 6.45) is 5.48. The number of anilines is 1. The number of aliphatic hydroxyl groups excluding tert-OH is 1. The first-order valence-electron chi connectivity index (χ1n) is 5.17. The average molecular weight is 252 g/mol. The lowest BCUT2D eigenvalue weighted by molar-refractivity contribution is 0.211. The van der Waals surface area contributed by atoms with E-state index in [1.807, 2.05) is 10.6 Å². The van der Waals surface area contributed by atoms with Crippen LogP contribution >= 0.6 is 11.6 Å². The van der Waals surface area contributed by atoms with Gasteiger partial charge in [-0.15, -0.1) is 0 Å². The van der Waals surface area contributed by atoms with E-state index in [1.165, 1.54) is 0 Å². The second-order valence-electron chi connectivity index (χ2n) is 3.95. The Balaban J connectivity index is 2.15. The van der Waals surface area contributed by atoms with Gasteiger partial charge in [-0.25, -0.2) is 4.98 Å². The Morgan fingerprint density at radius 2 is 2.24 bits per heavy atom. The third-order valence-corrected chi connectivity index (χ3v) is 3.06. The number of hydrogen-bond acceptors (Lipinski definition) is 5. The Hall–Kier alpha value is -1.66. The molecule has 0 saturated carbocycles. The predicted octanol–water partition coefficient (Wildman–Crippen LogP) is 0.924. The van der Waals surface area contributed by atoms with Gasteiger partial charge in [0.1, 0.15) is 5.52 Å². The molecule has 1 aliphatic rings. The molecule has 88 valence electrons. The van der Waals surface area contributed by atoms with Gasteiger partial charge >= 0.3 is 0 Å². The SMILES string of the molecule is Nc1nc(Cl)c2ncn(C3C=C[C@H](O)C3)c2n1. The summed E-state index contributed by atoms with van der Waals surface area (Å²) in [7, 11) is 0. The van der Waals surface area contributed by atoms with Crippen molar-refractivity contribution in [1.82, 2.24) is 19.5 Å². The molecule has 2 atom stereocenters. The molecule has 17 heavy (non-hydrogen) atoms. The second kappa shape index (κ2) is 3.68. The van der Waals surface area contributed by atoms with E-state index < -0.39 is 6.10 Å². The zero-order valence-corrected chi connectivity index (χ0v) is 9.54. The van der Waals surface area contributed by atoms with Crippen LogP contribution in [0.5, 0.6) is 0 Å². The largest absolute Gasteiger partial charge is 0.389 e. The van der Waals surface area contributed by atoms with Crippen molar-refractivity contribution in [3.05, 3.63) is 23.6 Å². The van der Waals surface area contributed by atoms with Crippen LogP contribution in [0.1, 0.15) is 12.5 Å². The highest BCUT2D eigenvalue weighted by Gasteiger charge is 2.21. The van der Waals surface area contributed by atoms with Crippen molar-refractivity contribution in [2.24, 2.45) is 0 Å². The van der Waals surface area contributed by atoms with E-state index in [-0.39, 0.29) is 17.1 Å². The second-order valence-corrected chi connectivity index (χ2v) is 4.31. The molecule has 2 aromatic heterocycles. The molecule has 0 fully saturated rings. The van der Waals surface area contributed by atoms with Gasteiger partial charge in [-0.3, -0.25) is 0 Å². The molecule has 2 heterocycles. The van der Waals surface area contributed by atoms with Crippen molar-refractivity contribution in [3.63, 3.8) is 0 Å². The Labute approximate surface area is 102 Å². The monoisotopic (exact) mass is 251 g/mol. The molecule has 0 radical (unpaired) electrons. The standard InChI is InChI=1S/C10H10ClN5O/c11-8-7-9(15-10(12)14-8)16(4-13-7)5-1-2-6(17)3-5/h1-2,4-6,17H,3H2,(H2,12,14,15)/t5?,6-/m0/s1. The summed E-state index contributed by atoms with van der Waals surface area (Å²) < 4.78 is 1.84. The summed E-state index contributed by atoms with van der Waals surface area (Å²) in [5.74, 6) is 0.117. The molecular weight excluding hydrogens is 242 g/mol. The topological polar surface area (TPSA) is 89.8 Å². The highest BCUT2D eigenvalue weighted by molar-refractivity contribution is 6.33. The van der Waals surface area contributed by atoms with Crippen LogP contribution in [0.4, 0.5) is 5.95 Å². The third kappa shape index (κ3) is 1.65. The number of nitrogen functional groups attached to an aromatic ring is 1. The van der Waals surface area contributed by atoms with Crippen LogP contribution < -0.4 is 5.73 Å². The molecule has 0 saturated heterocycles. The van der Waals surface area contributed by atoms with E-state index in [2.05, 4.69) is 15.0 Å². The third-order valence-electron chi connectivity index (χ3n) is 2.79. The fourth-order valence-corrected chi connectivity index (χ4v) is 2.23. The number of hydrogen-bond donors (Lipinski definition) is 2. The highest BCUT2D eigenvalue weighted by atomic mass is 35.5. The summed E-state index contributed by atoms with van der Waals surface area (Å²) in [5.41, 5.74) is 6.68. The van der Waals surface area contributed by atoms with E-state index in [1.54, 1.807) is 12.4 Å². The molecule has 1 aliphatic carbocycles. The minimum absolute atomic E-state index is 0.0281. The minimum atomic E-state index is -0.424. The Morgan fingerprint density at radius 3 is 2.94 bits per heavy atom. The number of allylic oxidation sites excluding steroid dienone is 1. The summed E-state index contributed by atoms with van der Waals surface area (Å²) in [4.78, 5) is 12.1. The summed E-state index contributed by atoms with van der Waals surface area (Å²) in [6, 6.07) is 0.0281. The normalized spacial score (nSPS) is 23.6. The van der Waals surface area contributed by atoms with Crippen molar-refractivity contribution in [2.45, 2.75) is 18.6 Å². The first-order valence-corrected chi connectivity index (χ1v) is 5.55. The van der Waals surface area contributed by atoms with Gasteiger partial charge in [0.15, 0.2) is 10.8 Å². The number of fused-ring (bicyclic) bond motifs is 1. The zero-order valence-electron chi connectivity index (χ0n) is 8.79. The molecule has 1 unspecified atom stereocenters. The smallest absolute Gasteiger partial charge is 0.223 e. The van der Waals surface area contributed by atoms with E-state index in [4.69, 9.17) is 17.3 Å². The first kappa shape index (κ1) is 10.5. The Bertz CT molecular complexity index is 608. The Morgan fingerprint density at radius 1 is 1.41 bits per heavy atom. The lowest BCUT2D eigenvalue weighted by Gasteiger charge is -2.11. The average Bonchev–Trinajstić information content (AvgIpc) is 2.83. The van der Waals surface area contributed by atoms with Crippen LogP contribution in [0, 0.1) is 0 Å². The van der Waals surface area contributed by atoms with Gasteiger partial charge in [-0.1, -0.05) is 23.8 Å². The molecule has 0 spiro atoms. The van der Waals surface area contributed by atoms with Gasteiger partial charge in [0.25, 0.3) is 0 Å². The van der Waals surface area contributed by atoms with Crippen LogP contribution in [0.2, 0.25) is 5.15 Å². The molecule has 6 nitrogen and oxygen atoms in total. The van der Waals surface area contributed by atoms with Gasteiger partial charge < -0.3 is 15.4 Å². The number of halogens is 1. The molecule has 0 aromatic carbocycles. The van der Waals surface area contributed by atoms with Crippen molar-refractivity contribution in [1.29, 1.82) is 0 Å². The summed E-state index contributed by atoms with van der Waals surface area (Å²) >= 11 is 5.94. The van der Waals surface area contributed by atoms with Crippen molar-refractivity contribution in [3.8, 4) is 0 Å². The lowest BCUT2D eigenvalue weighted by Crippen LogP contribution is -2.08. The number of imidazole rings is 1. The molecule has 7 heteroatoms. The quantitative estimate of drug-likeness (QED) is 0.581. The van der Waals surface area contributed by atoms with Gasteiger partial charge in [-0.2, -0.15) is 9.97 Å². The number of aromatic nitrogens is 4. The van der Waals surface area contributed by atoms with E-state index >= 15 is 0 Å². The predicted molar refractivity (Wildman–Crippen MR) is 63.5 cm³/mol. The van der Waals surface area contributed by atoms with E-state index in [0.717, 1.165) is 0 Å². The maximum Gasteiger partial charge on any atom is 0.223 e. The van der Waals surface area contributed by atoms with Crippen LogP contribution in [-0.4, -0.2) is 30.7 Å². The molecule has 0 amide bonds. The molecule has 0 bridgehead atoms. The van der Waals surface area contributed by atoms with Crippen LogP contribution in [-0.2, 0) is 0 Å². The Kier molecular flexibility index (Phi) is 2.27. The minimum Gasteiger partial charge on any atom is -0.389 e.